The molecule has 7 atom stereocenters. The first-order valence-electron chi connectivity index (χ1n) is 9.99. The van der Waals surface area contributed by atoms with Gasteiger partial charge in [-0.3, -0.25) is 4.79 Å². The molecule has 2 aliphatic carbocycles. The van der Waals surface area contributed by atoms with Crippen LogP contribution in [-0.4, -0.2) is 36.0 Å². The van der Waals surface area contributed by atoms with E-state index in [1.54, 1.807) is 0 Å². The van der Waals surface area contributed by atoms with Crippen molar-refractivity contribution in [2.24, 2.45) is 17.8 Å². The van der Waals surface area contributed by atoms with Crippen LogP contribution in [0.3, 0.4) is 0 Å². The predicted octanol–water partition coefficient (Wildman–Crippen LogP) is 4.03. The maximum absolute atomic E-state index is 12.4. The summed E-state index contributed by atoms with van der Waals surface area (Å²) in [5, 5.41) is 0. The van der Waals surface area contributed by atoms with Crippen LogP contribution in [0, 0.1) is 17.8 Å². The topological polar surface area (TPSA) is 51.4 Å². The van der Waals surface area contributed by atoms with Crippen molar-refractivity contribution in [2.45, 2.75) is 89.1 Å². The normalized spacial score (nSPS) is 45.7. The number of fused-ring (bicyclic) bond motifs is 2. The molecule has 0 amide bonds. The molecule has 0 radical (unpaired) electrons. The van der Waals surface area contributed by atoms with Gasteiger partial charge in [-0.05, 0) is 70.6 Å². The second-order valence-corrected chi connectivity index (χ2v) is 9.34. The Morgan fingerprint density at radius 3 is 2.44 bits per heavy atom. The van der Waals surface area contributed by atoms with Crippen LogP contribution < -0.4 is 0 Å². The van der Waals surface area contributed by atoms with Crippen LogP contribution in [0.15, 0.2) is 12.2 Å². The molecule has 2 saturated carbocycles. The van der Waals surface area contributed by atoms with Gasteiger partial charge < -0.3 is 14.2 Å². The van der Waals surface area contributed by atoms with E-state index in [-0.39, 0.29) is 23.1 Å². The maximum atomic E-state index is 12.4. The summed E-state index contributed by atoms with van der Waals surface area (Å²) in [6.07, 6.45) is 8.09. The Hall–Kier alpha value is -0.870. The molecule has 4 rings (SSSR count). The molecule has 4 nitrogen and oxygen atoms in total. The summed E-state index contributed by atoms with van der Waals surface area (Å²) >= 11 is 0. The summed E-state index contributed by atoms with van der Waals surface area (Å²) in [4.78, 5) is 12.4. The van der Waals surface area contributed by atoms with Crippen LogP contribution in [0.25, 0.3) is 0 Å². The van der Waals surface area contributed by atoms with Crippen molar-refractivity contribution in [1.29, 1.82) is 0 Å². The molecule has 4 aliphatic rings. The molecule has 0 aromatic carbocycles. The minimum absolute atomic E-state index is 0.0745. The fourth-order valence-corrected chi connectivity index (χ4v) is 4.87. The Morgan fingerprint density at radius 2 is 1.80 bits per heavy atom. The van der Waals surface area contributed by atoms with Gasteiger partial charge in [0.25, 0.3) is 0 Å². The summed E-state index contributed by atoms with van der Waals surface area (Å²) in [7, 11) is 0. The highest BCUT2D eigenvalue weighted by atomic mass is 16.6. The zero-order chi connectivity index (χ0) is 17.8. The Kier molecular flexibility index (Phi) is 4.27. The first kappa shape index (κ1) is 17.5. The average Bonchev–Trinajstić information content (AvgIpc) is 3.44. The monoisotopic (exact) mass is 348 g/mol. The van der Waals surface area contributed by atoms with Gasteiger partial charge >= 0.3 is 5.97 Å². The highest BCUT2D eigenvalue weighted by Crippen LogP contribution is 2.51. The molecular formula is C21H32O4. The first-order chi connectivity index (χ1) is 11.8. The van der Waals surface area contributed by atoms with E-state index in [4.69, 9.17) is 14.2 Å². The van der Waals surface area contributed by atoms with Crippen LogP contribution in [0.2, 0.25) is 0 Å². The van der Waals surface area contributed by atoms with Crippen molar-refractivity contribution in [3.05, 3.63) is 12.2 Å². The van der Waals surface area contributed by atoms with E-state index in [0.29, 0.717) is 30.7 Å². The molecule has 0 aromatic rings. The van der Waals surface area contributed by atoms with E-state index in [0.717, 1.165) is 44.9 Å². The zero-order valence-corrected chi connectivity index (χ0v) is 15.9. The number of allylic oxidation sites excluding steroid dienone is 1. The molecule has 0 N–H and O–H groups in total. The van der Waals surface area contributed by atoms with Gasteiger partial charge in [0.2, 0.25) is 0 Å². The van der Waals surface area contributed by atoms with E-state index in [9.17, 15) is 4.79 Å². The molecule has 4 fully saturated rings. The predicted molar refractivity (Wildman–Crippen MR) is 95.1 cm³/mol. The van der Waals surface area contributed by atoms with Gasteiger partial charge in [0.15, 0.2) is 0 Å². The quantitative estimate of drug-likeness (QED) is 0.413. The lowest BCUT2D eigenvalue weighted by Crippen LogP contribution is -2.27. The number of epoxide rings is 2. The fourth-order valence-electron chi connectivity index (χ4n) is 4.87. The number of hydrogen-bond acceptors (Lipinski definition) is 4. The van der Waals surface area contributed by atoms with Crippen molar-refractivity contribution in [3.8, 4) is 0 Å². The summed E-state index contributed by atoms with van der Waals surface area (Å²) in [5.41, 5.74) is 1.47. The van der Waals surface area contributed by atoms with Crippen LogP contribution >= 0.6 is 0 Å². The molecule has 25 heavy (non-hydrogen) atoms. The summed E-state index contributed by atoms with van der Waals surface area (Å²) < 4.78 is 17.1. The van der Waals surface area contributed by atoms with E-state index in [1.165, 1.54) is 5.57 Å². The largest absolute Gasteiger partial charge is 0.465 e. The van der Waals surface area contributed by atoms with Gasteiger partial charge in [-0.25, -0.2) is 0 Å². The molecule has 2 saturated heterocycles. The van der Waals surface area contributed by atoms with E-state index in [2.05, 4.69) is 20.4 Å². The Balaban J connectivity index is 1.18. The maximum Gasteiger partial charge on any atom is 0.308 e. The van der Waals surface area contributed by atoms with E-state index in [1.807, 2.05) is 6.92 Å². The minimum atomic E-state index is -0.105. The highest BCUT2D eigenvalue weighted by Gasteiger charge is 2.56. The third kappa shape index (κ3) is 3.52. The third-order valence-electron chi connectivity index (χ3n) is 7.16. The van der Waals surface area contributed by atoms with Gasteiger partial charge in [0.1, 0.15) is 0 Å². The molecule has 7 unspecified atom stereocenters. The lowest BCUT2D eigenvalue weighted by Gasteiger charge is -2.26. The molecule has 2 aliphatic heterocycles. The van der Waals surface area contributed by atoms with Gasteiger partial charge in [0, 0.05) is 0 Å². The average molecular weight is 348 g/mol. The molecule has 0 bridgehead atoms. The van der Waals surface area contributed by atoms with Crippen LogP contribution in [-0.2, 0) is 19.0 Å². The number of ether oxygens (including phenoxy) is 3. The Bertz CT molecular complexity index is 572. The van der Waals surface area contributed by atoms with Crippen LogP contribution in [0.4, 0.5) is 0 Å². The van der Waals surface area contributed by atoms with Crippen molar-refractivity contribution in [1.82, 2.24) is 0 Å². The zero-order valence-electron chi connectivity index (χ0n) is 15.9. The molecule has 0 aromatic heterocycles. The number of carbonyl (C=O) groups is 1. The number of carbonyl (C=O) groups excluding carboxylic acids is 1. The van der Waals surface area contributed by atoms with Crippen LogP contribution in [0.5, 0.6) is 0 Å². The number of hydrogen-bond donors (Lipinski definition) is 0. The first-order valence-corrected chi connectivity index (χ1v) is 9.99. The SMILES string of the molecule is C=C(CC(C)C(=O)OCC1CCC2(C)OC2C1)C1CCC2(C)OC2C1. The smallest absolute Gasteiger partial charge is 0.308 e. The van der Waals surface area contributed by atoms with Gasteiger partial charge in [-0.15, -0.1) is 0 Å². The van der Waals surface area contributed by atoms with Gasteiger partial charge in [-0.2, -0.15) is 0 Å². The van der Waals surface area contributed by atoms with Crippen molar-refractivity contribution in [3.63, 3.8) is 0 Å². The molecule has 4 heteroatoms. The Morgan fingerprint density at radius 1 is 1.16 bits per heavy atom. The lowest BCUT2D eigenvalue weighted by atomic mass is 9.77. The van der Waals surface area contributed by atoms with Gasteiger partial charge in [0.05, 0.1) is 35.9 Å². The van der Waals surface area contributed by atoms with E-state index >= 15 is 0 Å². The lowest BCUT2D eigenvalue weighted by molar-refractivity contribution is -0.149. The van der Waals surface area contributed by atoms with Gasteiger partial charge in [-0.1, -0.05) is 19.1 Å². The standard InChI is InChI=1S/C21H32O4/c1-13(16-6-8-21(4)18(11-16)25-21)9-14(2)19(22)23-12-15-5-7-20(3)17(10-15)24-20/h14-18H,1,5-12H2,2-4H3. The highest BCUT2D eigenvalue weighted by molar-refractivity contribution is 5.72. The Labute approximate surface area is 151 Å². The van der Waals surface area contributed by atoms with Crippen LogP contribution in [0.1, 0.15) is 65.7 Å². The minimum Gasteiger partial charge on any atom is -0.465 e. The molecular weight excluding hydrogens is 316 g/mol. The second kappa shape index (κ2) is 6.09. The fraction of sp³-hybridized carbons (Fsp3) is 0.857. The number of rotatable bonds is 6. The third-order valence-corrected chi connectivity index (χ3v) is 7.16. The number of esters is 1. The summed E-state index contributed by atoms with van der Waals surface area (Å²) in [5.74, 6) is 0.781. The van der Waals surface area contributed by atoms with Crippen molar-refractivity contribution < 1.29 is 19.0 Å². The molecule has 2 heterocycles. The summed E-state index contributed by atoms with van der Waals surface area (Å²) in [6.45, 7) is 11.2. The van der Waals surface area contributed by atoms with Crippen molar-refractivity contribution in [2.75, 3.05) is 6.61 Å². The molecule has 140 valence electrons. The van der Waals surface area contributed by atoms with Crippen molar-refractivity contribution >= 4 is 5.97 Å². The molecule has 0 spiro atoms. The van der Waals surface area contributed by atoms with E-state index < -0.39 is 0 Å². The summed E-state index contributed by atoms with van der Waals surface area (Å²) in [6, 6.07) is 0. The second-order valence-electron chi connectivity index (χ2n) is 9.34.